The highest BCUT2D eigenvalue weighted by Gasteiger charge is 2.09. The van der Waals surface area contributed by atoms with E-state index in [9.17, 15) is 4.79 Å². The van der Waals surface area contributed by atoms with Gasteiger partial charge in [0, 0.05) is 16.7 Å². The molecule has 0 aliphatic rings. The fourth-order valence-corrected chi connectivity index (χ4v) is 1.78. The number of aldehydes is 1. The van der Waals surface area contributed by atoms with Gasteiger partial charge < -0.3 is 4.74 Å². The van der Waals surface area contributed by atoms with Gasteiger partial charge in [0.05, 0.1) is 11.6 Å². The van der Waals surface area contributed by atoms with Gasteiger partial charge in [0.15, 0.2) is 12.0 Å². The molecule has 3 nitrogen and oxygen atoms in total. The molecule has 0 bridgehead atoms. The fourth-order valence-electron chi connectivity index (χ4n) is 1.46. The van der Waals surface area contributed by atoms with Crippen LogP contribution in [0.25, 0.3) is 4.85 Å². The van der Waals surface area contributed by atoms with Crippen LogP contribution >= 0.6 is 23.2 Å². The first-order valence-electron chi connectivity index (χ1n) is 5.23. The lowest BCUT2D eigenvalue weighted by molar-refractivity contribution is 0.112. The van der Waals surface area contributed by atoms with E-state index >= 15 is 0 Å². The quantitative estimate of drug-likeness (QED) is 0.578. The van der Waals surface area contributed by atoms with Crippen molar-refractivity contribution >= 4 is 35.2 Å². The maximum absolute atomic E-state index is 11.0. The molecule has 0 saturated heterocycles. The number of nitrogens with zero attached hydrogens (tertiary/aromatic N) is 1. The Morgan fingerprint density at radius 1 is 1.11 bits per heavy atom. The Labute approximate surface area is 120 Å². The molecule has 2 aromatic rings. The van der Waals surface area contributed by atoms with E-state index < -0.39 is 0 Å². The summed E-state index contributed by atoms with van der Waals surface area (Å²) < 4.78 is 5.56. The SMILES string of the molecule is [C-]#[N+]c1ccc(Oc2cc(Cl)ccc2Cl)c(C=O)c1. The lowest BCUT2D eigenvalue weighted by Crippen LogP contribution is -1.90. The van der Waals surface area contributed by atoms with Crippen molar-refractivity contribution in [3.63, 3.8) is 0 Å². The second kappa shape index (κ2) is 5.75. The van der Waals surface area contributed by atoms with E-state index in [2.05, 4.69) is 4.85 Å². The molecule has 0 aliphatic heterocycles. The number of halogens is 2. The zero-order valence-electron chi connectivity index (χ0n) is 9.56. The summed E-state index contributed by atoms with van der Waals surface area (Å²) in [5.41, 5.74) is 0.649. The van der Waals surface area contributed by atoms with Crippen LogP contribution in [-0.4, -0.2) is 6.29 Å². The van der Waals surface area contributed by atoms with Crippen molar-refractivity contribution < 1.29 is 9.53 Å². The minimum atomic E-state index is 0.282. The fraction of sp³-hybridized carbons (Fsp3) is 0. The zero-order valence-corrected chi connectivity index (χ0v) is 11.1. The van der Waals surface area contributed by atoms with Gasteiger partial charge in [0.2, 0.25) is 0 Å². The van der Waals surface area contributed by atoms with Crippen LogP contribution in [0.15, 0.2) is 36.4 Å². The Bertz CT molecular complexity index is 678. The Balaban J connectivity index is 2.41. The molecular weight excluding hydrogens is 285 g/mol. The van der Waals surface area contributed by atoms with Crippen LogP contribution in [0.2, 0.25) is 10.0 Å². The molecule has 19 heavy (non-hydrogen) atoms. The summed E-state index contributed by atoms with van der Waals surface area (Å²) in [4.78, 5) is 14.2. The summed E-state index contributed by atoms with van der Waals surface area (Å²) in [6.07, 6.45) is 0.627. The van der Waals surface area contributed by atoms with Crippen LogP contribution in [0.4, 0.5) is 5.69 Å². The van der Waals surface area contributed by atoms with E-state index in [0.29, 0.717) is 33.5 Å². The van der Waals surface area contributed by atoms with E-state index in [1.165, 1.54) is 6.07 Å². The second-order valence-corrected chi connectivity index (χ2v) is 4.47. The van der Waals surface area contributed by atoms with Crippen molar-refractivity contribution in [1.29, 1.82) is 0 Å². The lowest BCUT2D eigenvalue weighted by atomic mass is 10.2. The van der Waals surface area contributed by atoms with Gasteiger partial charge in [0.25, 0.3) is 0 Å². The zero-order chi connectivity index (χ0) is 13.8. The Kier molecular flexibility index (Phi) is 4.06. The van der Waals surface area contributed by atoms with Crippen molar-refractivity contribution in [3.05, 3.63) is 63.4 Å². The number of benzene rings is 2. The van der Waals surface area contributed by atoms with E-state index in [-0.39, 0.29) is 5.56 Å². The second-order valence-electron chi connectivity index (χ2n) is 3.63. The monoisotopic (exact) mass is 291 g/mol. The molecule has 0 amide bonds. The van der Waals surface area contributed by atoms with Crippen LogP contribution < -0.4 is 4.74 Å². The number of hydrogen-bond acceptors (Lipinski definition) is 2. The topological polar surface area (TPSA) is 30.7 Å². The van der Waals surface area contributed by atoms with Crippen LogP contribution in [0, 0.1) is 6.57 Å². The lowest BCUT2D eigenvalue weighted by Gasteiger charge is -2.10. The minimum absolute atomic E-state index is 0.282. The van der Waals surface area contributed by atoms with Gasteiger partial charge in [-0.05, 0) is 24.3 Å². The highest BCUT2D eigenvalue weighted by Crippen LogP contribution is 2.34. The van der Waals surface area contributed by atoms with Gasteiger partial charge in [-0.25, -0.2) is 4.85 Å². The van der Waals surface area contributed by atoms with E-state index in [4.69, 9.17) is 34.5 Å². The molecule has 0 radical (unpaired) electrons. The van der Waals surface area contributed by atoms with Crippen molar-refractivity contribution in [2.45, 2.75) is 0 Å². The standard InChI is InChI=1S/C14H7Cl2NO2/c1-17-11-3-5-13(9(6-11)8-18)19-14-7-10(15)2-4-12(14)16/h2-8H. The molecule has 0 heterocycles. The number of hydrogen-bond donors (Lipinski definition) is 0. The summed E-state index contributed by atoms with van der Waals surface area (Å²) >= 11 is 11.8. The summed E-state index contributed by atoms with van der Waals surface area (Å²) in [6.45, 7) is 6.90. The average Bonchev–Trinajstić information content (AvgIpc) is 2.43. The van der Waals surface area contributed by atoms with E-state index in [0.717, 1.165) is 0 Å². The van der Waals surface area contributed by atoms with Crippen molar-refractivity contribution in [2.75, 3.05) is 0 Å². The van der Waals surface area contributed by atoms with Crippen LogP contribution in [0.1, 0.15) is 10.4 Å². The van der Waals surface area contributed by atoms with E-state index in [1.807, 2.05) is 0 Å². The first-order chi connectivity index (χ1) is 9.13. The normalized spacial score (nSPS) is 9.74. The molecule has 0 fully saturated rings. The third-order valence-corrected chi connectivity index (χ3v) is 2.91. The predicted octanol–water partition coefficient (Wildman–Crippen LogP) is 5.15. The summed E-state index contributed by atoms with van der Waals surface area (Å²) in [6, 6.07) is 9.37. The van der Waals surface area contributed by atoms with Gasteiger partial charge in [-0.3, -0.25) is 4.79 Å². The number of ether oxygens (including phenoxy) is 1. The molecule has 0 aromatic heterocycles. The average molecular weight is 292 g/mol. The van der Waals surface area contributed by atoms with Gasteiger partial charge in [-0.1, -0.05) is 29.3 Å². The van der Waals surface area contributed by atoms with Crippen LogP contribution in [-0.2, 0) is 0 Å². The van der Waals surface area contributed by atoms with Gasteiger partial charge in [-0.2, -0.15) is 0 Å². The first kappa shape index (κ1) is 13.4. The van der Waals surface area contributed by atoms with Gasteiger partial charge in [-0.15, -0.1) is 0 Å². The molecule has 5 heteroatoms. The summed E-state index contributed by atoms with van der Waals surface area (Å²) in [5, 5.41) is 0.861. The molecule has 0 unspecified atom stereocenters. The molecule has 0 N–H and O–H groups in total. The summed E-state index contributed by atoms with van der Waals surface area (Å²) in [7, 11) is 0. The maximum Gasteiger partial charge on any atom is 0.188 e. The molecule has 0 saturated carbocycles. The maximum atomic E-state index is 11.0. The molecule has 0 spiro atoms. The largest absolute Gasteiger partial charge is 0.455 e. The van der Waals surface area contributed by atoms with E-state index in [1.54, 1.807) is 30.3 Å². The molecular formula is C14H7Cl2NO2. The summed E-state index contributed by atoms with van der Waals surface area (Å²) in [5.74, 6) is 0.680. The molecule has 2 aromatic carbocycles. The van der Waals surface area contributed by atoms with Crippen molar-refractivity contribution in [1.82, 2.24) is 0 Å². The van der Waals surface area contributed by atoms with Crippen molar-refractivity contribution in [3.8, 4) is 11.5 Å². The van der Waals surface area contributed by atoms with Crippen LogP contribution in [0.3, 0.4) is 0 Å². The van der Waals surface area contributed by atoms with Crippen LogP contribution in [0.5, 0.6) is 11.5 Å². The number of carbonyl (C=O) groups is 1. The Morgan fingerprint density at radius 2 is 1.89 bits per heavy atom. The Hall–Kier alpha value is -2.02. The molecule has 0 atom stereocenters. The number of carbonyl (C=O) groups excluding carboxylic acids is 1. The smallest absolute Gasteiger partial charge is 0.188 e. The van der Waals surface area contributed by atoms with Gasteiger partial charge in [0.1, 0.15) is 11.5 Å². The highest BCUT2D eigenvalue weighted by atomic mass is 35.5. The first-order valence-corrected chi connectivity index (χ1v) is 5.99. The molecule has 2 rings (SSSR count). The van der Waals surface area contributed by atoms with Gasteiger partial charge >= 0.3 is 0 Å². The Morgan fingerprint density at radius 3 is 2.58 bits per heavy atom. The predicted molar refractivity (Wildman–Crippen MR) is 74.6 cm³/mol. The van der Waals surface area contributed by atoms with Crippen molar-refractivity contribution in [2.24, 2.45) is 0 Å². The third-order valence-electron chi connectivity index (χ3n) is 2.36. The highest BCUT2D eigenvalue weighted by molar-refractivity contribution is 6.34. The third kappa shape index (κ3) is 3.05. The number of rotatable bonds is 3. The molecule has 94 valence electrons. The molecule has 0 aliphatic carbocycles. The minimum Gasteiger partial charge on any atom is -0.455 e.